The summed E-state index contributed by atoms with van der Waals surface area (Å²) in [5, 5.41) is 5.99. The van der Waals surface area contributed by atoms with Gasteiger partial charge in [0.25, 0.3) is 0 Å². The molecule has 29 heavy (non-hydrogen) atoms. The Morgan fingerprint density at radius 1 is 1.00 bits per heavy atom. The number of hydrogen-bond donors (Lipinski definition) is 2. The second kappa shape index (κ2) is 9.00. The molecule has 1 atom stereocenters. The molecule has 0 saturated heterocycles. The molecule has 5 heteroatoms. The summed E-state index contributed by atoms with van der Waals surface area (Å²) in [6, 6.07) is 16.0. The number of fused-ring (bicyclic) bond motifs is 1. The highest BCUT2D eigenvalue weighted by Gasteiger charge is 2.39. The van der Waals surface area contributed by atoms with Gasteiger partial charge in [-0.15, -0.1) is 11.6 Å². The fourth-order valence-electron chi connectivity index (χ4n) is 3.97. The average Bonchev–Trinajstić information content (AvgIpc) is 3.08. The van der Waals surface area contributed by atoms with Crippen LogP contribution in [0.2, 0.25) is 0 Å². The molecule has 0 fully saturated rings. The molecule has 0 saturated carbocycles. The SMILES string of the molecule is CC(C)c1ccc(C(CNC(=O)C2(C)Cc3ccccc3C2)NC(=O)CCl)cc1. The van der Waals surface area contributed by atoms with E-state index in [2.05, 4.69) is 48.7 Å². The Kier molecular flexibility index (Phi) is 6.63. The standard InChI is InChI=1S/C24H29ClN2O2/c1-16(2)17-8-10-18(11-9-17)21(27-22(28)14-25)15-26-23(29)24(3)12-19-6-4-5-7-20(19)13-24/h4-11,16,21H,12-15H2,1-3H3,(H,26,29)(H,27,28). The number of alkyl halides is 1. The lowest BCUT2D eigenvalue weighted by Crippen LogP contribution is -2.44. The van der Waals surface area contributed by atoms with Crippen molar-refractivity contribution in [1.29, 1.82) is 0 Å². The molecule has 0 spiro atoms. The molecule has 0 bridgehead atoms. The Bertz CT molecular complexity index is 852. The molecule has 3 rings (SSSR count). The van der Waals surface area contributed by atoms with Gasteiger partial charge >= 0.3 is 0 Å². The van der Waals surface area contributed by atoms with Crippen LogP contribution >= 0.6 is 11.6 Å². The van der Waals surface area contributed by atoms with E-state index in [0.29, 0.717) is 12.5 Å². The number of nitrogens with one attached hydrogen (secondary N) is 2. The van der Waals surface area contributed by atoms with E-state index in [1.165, 1.54) is 16.7 Å². The number of amides is 2. The number of benzene rings is 2. The van der Waals surface area contributed by atoms with E-state index >= 15 is 0 Å². The highest BCUT2D eigenvalue weighted by Crippen LogP contribution is 2.36. The second-order valence-corrected chi connectivity index (χ2v) is 8.74. The summed E-state index contributed by atoms with van der Waals surface area (Å²) in [4.78, 5) is 24.9. The highest BCUT2D eigenvalue weighted by molar-refractivity contribution is 6.27. The molecule has 4 nitrogen and oxygen atoms in total. The van der Waals surface area contributed by atoms with Gasteiger partial charge in [0.2, 0.25) is 11.8 Å². The van der Waals surface area contributed by atoms with Gasteiger partial charge in [-0.05, 0) is 41.0 Å². The van der Waals surface area contributed by atoms with Crippen LogP contribution in [0.4, 0.5) is 0 Å². The van der Waals surface area contributed by atoms with Gasteiger partial charge in [-0.3, -0.25) is 9.59 Å². The third-order valence-electron chi connectivity index (χ3n) is 5.76. The first-order valence-electron chi connectivity index (χ1n) is 10.1. The highest BCUT2D eigenvalue weighted by atomic mass is 35.5. The largest absolute Gasteiger partial charge is 0.353 e. The maximum atomic E-state index is 13.0. The predicted molar refractivity (Wildman–Crippen MR) is 117 cm³/mol. The van der Waals surface area contributed by atoms with Crippen LogP contribution in [0.25, 0.3) is 0 Å². The maximum Gasteiger partial charge on any atom is 0.235 e. The molecule has 2 aromatic rings. The van der Waals surface area contributed by atoms with Crippen LogP contribution in [-0.2, 0) is 22.4 Å². The molecule has 0 heterocycles. The van der Waals surface area contributed by atoms with Crippen LogP contribution in [0, 0.1) is 5.41 Å². The van der Waals surface area contributed by atoms with Crippen molar-refractivity contribution >= 4 is 23.4 Å². The minimum atomic E-state index is -0.466. The maximum absolute atomic E-state index is 13.0. The van der Waals surface area contributed by atoms with Gasteiger partial charge in [0.05, 0.1) is 11.5 Å². The Balaban J connectivity index is 1.70. The van der Waals surface area contributed by atoms with Gasteiger partial charge in [0.1, 0.15) is 5.88 Å². The van der Waals surface area contributed by atoms with Crippen molar-refractivity contribution in [2.24, 2.45) is 5.41 Å². The molecule has 0 aromatic heterocycles. The number of carbonyl (C=O) groups is 2. The van der Waals surface area contributed by atoms with E-state index in [-0.39, 0.29) is 23.7 Å². The minimum Gasteiger partial charge on any atom is -0.353 e. The van der Waals surface area contributed by atoms with E-state index in [1.807, 2.05) is 31.2 Å². The van der Waals surface area contributed by atoms with Gasteiger partial charge in [0.15, 0.2) is 0 Å². The van der Waals surface area contributed by atoms with Crippen LogP contribution in [0.5, 0.6) is 0 Å². The molecule has 1 aliphatic carbocycles. The van der Waals surface area contributed by atoms with Gasteiger partial charge < -0.3 is 10.6 Å². The summed E-state index contributed by atoms with van der Waals surface area (Å²) in [6.07, 6.45) is 1.47. The van der Waals surface area contributed by atoms with Crippen LogP contribution in [-0.4, -0.2) is 24.2 Å². The molecule has 0 aliphatic heterocycles. The molecule has 0 radical (unpaired) electrons. The topological polar surface area (TPSA) is 58.2 Å². The monoisotopic (exact) mass is 412 g/mol. The predicted octanol–water partition coefficient (Wildman–Crippen LogP) is 4.13. The number of rotatable bonds is 7. The van der Waals surface area contributed by atoms with Crippen molar-refractivity contribution in [3.63, 3.8) is 0 Å². The molecule has 1 aliphatic rings. The Hall–Kier alpha value is -2.33. The van der Waals surface area contributed by atoms with E-state index in [9.17, 15) is 9.59 Å². The second-order valence-electron chi connectivity index (χ2n) is 8.47. The summed E-state index contributed by atoms with van der Waals surface area (Å²) in [5.74, 6) is 0.0844. The average molecular weight is 413 g/mol. The van der Waals surface area contributed by atoms with Crippen molar-refractivity contribution in [3.8, 4) is 0 Å². The lowest BCUT2D eigenvalue weighted by molar-refractivity contribution is -0.130. The van der Waals surface area contributed by atoms with Gasteiger partial charge in [-0.1, -0.05) is 69.3 Å². The van der Waals surface area contributed by atoms with Crippen molar-refractivity contribution in [2.45, 2.75) is 45.6 Å². The summed E-state index contributed by atoms with van der Waals surface area (Å²) < 4.78 is 0. The summed E-state index contributed by atoms with van der Waals surface area (Å²) >= 11 is 5.69. The van der Waals surface area contributed by atoms with Gasteiger partial charge in [-0.25, -0.2) is 0 Å². The van der Waals surface area contributed by atoms with Crippen molar-refractivity contribution in [1.82, 2.24) is 10.6 Å². The Morgan fingerprint density at radius 3 is 2.07 bits per heavy atom. The first kappa shape index (κ1) is 21.4. The van der Waals surface area contributed by atoms with Crippen LogP contribution < -0.4 is 10.6 Å². The lowest BCUT2D eigenvalue weighted by Gasteiger charge is -2.25. The van der Waals surface area contributed by atoms with Crippen LogP contribution in [0.15, 0.2) is 48.5 Å². The quantitative estimate of drug-likeness (QED) is 0.672. The van der Waals surface area contributed by atoms with Gasteiger partial charge in [0, 0.05) is 6.54 Å². The summed E-state index contributed by atoms with van der Waals surface area (Å²) in [5.41, 5.74) is 4.19. The first-order valence-corrected chi connectivity index (χ1v) is 10.7. The van der Waals surface area contributed by atoms with E-state index in [1.54, 1.807) is 0 Å². The third-order valence-corrected chi connectivity index (χ3v) is 6.00. The fourth-order valence-corrected chi connectivity index (χ4v) is 4.05. The molecular weight excluding hydrogens is 384 g/mol. The van der Waals surface area contributed by atoms with Crippen molar-refractivity contribution in [3.05, 3.63) is 70.8 Å². The molecule has 2 N–H and O–H groups in total. The normalized spacial score (nSPS) is 15.6. The molecule has 2 aromatic carbocycles. The number of hydrogen-bond acceptors (Lipinski definition) is 2. The Labute approximate surface area is 178 Å². The van der Waals surface area contributed by atoms with E-state index in [0.717, 1.165) is 18.4 Å². The zero-order valence-corrected chi connectivity index (χ0v) is 18.1. The number of carbonyl (C=O) groups excluding carboxylic acids is 2. The number of halogens is 1. The molecule has 2 amide bonds. The van der Waals surface area contributed by atoms with Crippen molar-refractivity contribution in [2.75, 3.05) is 12.4 Å². The Morgan fingerprint density at radius 2 is 1.55 bits per heavy atom. The zero-order chi connectivity index (χ0) is 21.0. The minimum absolute atomic E-state index is 0.0117. The van der Waals surface area contributed by atoms with Crippen molar-refractivity contribution < 1.29 is 9.59 Å². The van der Waals surface area contributed by atoms with E-state index in [4.69, 9.17) is 11.6 Å². The van der Waals surface area contributed by atoms with E-state index < -0.39 is 5.41 Å². The summed E-state index contributed by atoms with van der Waals surface area (Å²) in [7, 11) is 0. The smallest absolute Gasteiger partial charge is 0.235 e. The van der Waals surface area contributed by atoms with Crippen LogP contribution in [0.3, 0.4) is 0 Å². The summed E-state index contributed by atoms with van der Waals surface area (Å²) in [6.45, 7) is 6.62. The fraction of sp³-hybridized carbons (Fsp3) is 0.417. The molecule has 1 unspecified atom stereocenters. The first-order chi connectivity index (χ1) is 13.8. The van der Waals surface area contributed by atoms with Gasteiger partial charge in [-0.2, -0.15) is 0 Å². The zero-order valence-electron chi connectivity index (χ0n) is 17.3. The lowest BCUT2D eigenvalue weighted by atomic mass is 9.86. The van der Waals surface area contributed by atoms with Crippen LogP contribution in [0.1, 0.15) is 55.0 Å². The molecular formula is C24H29ClN2O2. The molecule has 154 valence electrons. The third kappa shape index (κ3) is 4.99.